The van der Waals surface area contributed by atoms with Crippen molar-refractivity contribution in [2.24, 2.45) is 0 Å². The number of urea groups is 2. The second-order valence-electron chi connectivity index (χ2n) is 4.80. The Bertz CT molecular complexity index is 618. The van der Waals surface area contributed by atoms with Crippen molar-refractivity contribution in [2.75, 3.05) is 5.75 Å². The summed E-state index contributed by atoms with van der Waals surface area (Å²) in [5.74, 6) is -0.434. The van der Waals surface area contributed by atoms with Gasteiger partial charge in [0.15, 0.2) is 0 Å². The first kappa shape index (κ1) is 22.1. The molecule has 1 unspecified atom stereocenters. The molecule has 0 radical (unpaired) electrons. The molecule has 0 spiro atoms. The Labute approximate surface area is 145 Å². The van der Waals surface area contributed by atoms with Crippen LogP contribution in [0.25, 0.3) is 0 Å². The number of carbonyl (C=O) groups excluding carboxylic acids is 2. The van der Waals surface area contributed by atoms with Crippen LogP contribution in [0.2, 0.25) is 0 Å². The summed E-state index contributed by atoms with van der Waals surface area (Å²) < 4.78 is 51.8. The molecular weight excluding hydrogens is 388 g/mol. The number of nitrogens with one attached hydrogen (secondary N) is 4. The first-order chi connectivity index (χ1) is 10.4. The van der Waals surface area contributed by atoms with Crippen molar-refractivity contribution >= 4 is 54.7 Å². The number of sulfonamides is 2. The summed E-state index contributed by atoms with van der Waals surface area (Å²) in [7, 11) is -7.01. The third-order valence-electron chi connectivity index (χ3n) is 2.44. The van der Waals surface area contributed by atoms with Crippen molar-refractivity contribution in [1.82, 2.24) is 19.5 Å². The lowest BCUT2D eigenvalue weighted by Gasteiger charge is -2.16. The number of thiol groups is 1. The first-order valence-corrected chi connectivity index (χ1v) is 11.4. The molecule has 0 heterocycles. The number of hydrogen-bond acceptors (Lipinski definition) is 8. The Morgan fingerprint density at radius 1 is 1.04 bits per heavy atom. The van der Waals surface area contributed by atoms with Gasteiger partial charge in [-0.15, -0.1) is 0 Å². The van der Waals surface area contributed by atoms with Gasteiger partial charge in [-0.3, -0.25) is 4.72 Å². The van der Waals surface area contributed by atoms with Crippen molar-refractivity contribution < 1.29 is 26.4 Å². The molecular formula is C9H20N4O6S4. The van der Waals surface area contributed by atoms with Crippen molar-refractivity contribution in [1.29, 1.82) is 0 Å². The van der Waals surface area contributed by atoms with Gasteiger partial charge in [-0.1, -0.05) is 11.7 Å². The predicted octanol–water partition coefficient (Wildman–Crippen LogP) is -0.0756. The first-order valence-electron chi connectivity index (χ1n) is 6.32. The molecule has 0 aromatic heterocycles. The van der Waals surface area contributed by atoms with E-state index in [1.807, 2.05) is 4.72 Å². The van der Waals surface area contributed by atoms with Gasteiger partial charge in [0, 0.05) is 17.0 Å². The van der Waals surface area contributed by atoms with Gasteiger partial charge in [-0.25, -0.2) is 35.9 Å². The van der Waals surface area contributed by atoms with Crippen molar-refractivity contribution in [3.63, 3.8) is 0 Å². The maximum absolute atomic E-state index is 11.6. The number of hydrogen-bond donors (Lipinski definition) is 5. The van der Waals surface area contributed by atoms with Gasteiger partial charge in [0.05, 0.1) is 11.0 Å². The highest BCUT2D eigenvalue weighted by molar-refractivity contribution is 8.68. The maximum Gasteiger partial charge on any atom is 0.339 e. The van der Waals surface area contributed by atoms with E-state index >= 15 is 0 Å². The Morgan fingerprint density at radius 2 is 1.61 bits per heavy atom. The number of rotatable bonds is 8. The van der Waals surface area contributed by atoms with Crippen LogP contribution in [-0.4, -0.2) is 45.9 Å². The van der Waals surface area contributed by atoms with Gasteiger partial charge in [0.25, 0.3) is 0 Å². The summed E-state index contributed by atoms with van der Waals surface area (Å²) in [5, 5.41) is 1.52. The average molecular weight is 409 g/mol. The van der Waals surface area contributed by atoms with E-state index in [9.17, 15) is 26.4 Å². The summed E-state index contributed by atoms with van der Waals surface area (Å²) in [4.78, 5) is 22.6. The van der Waals surface area contributed by atoms with Crippen LogP contribution in [-0.2, 0) is 20.0 Å². The van der Waals surface area contributed by atoms with Crippen molar-refractivity contribution in [2.45, 2.75) is 38.5 Å². The zero-order valence-corrected chi connectivity index (χ0v) is 16.0. The lowest BCUT2D eigenvalue weighted by Crippen LogP contribution is -2.46. The summed E-state index contributed by atoms with van der Waals surface area (Å²) in [6, 6.07) is -2.51. The fourth-order valence-corrected chi connectivity index (χ4v) is 3.26. The number of amides is 4. The largest absolute Gasteiger partial charge is 0.339 e. The van der Waals surface area contributed by atoms with E-state index in [0.29, 0.717) is 11.0 Å². The minimum absolute atomic E-state index is 0.0220. The highest BCUT2D eigenvalue weighted by atomic mass is 33.1. The average Bonchev–Trinajstić information content (AvgIpc) is 2.35. The molecule has 4 N–H and O–H groups in total. The highest BCUT2D eigenvalue weighted by Gasteiger charge is 2.21. The second kappa shape index (κ2) is 9.44. The van der Waals surface area contributed by atoms with Gasteiger partial charge in [-0.2, -0.15) is 0 Å². The predicted molar refractivity (Wildman–Crippen MR) is 91.8 cm³/mol. The normalized spacial score (nSPS) is 13.3. The van der Waals surface area contributed by atoms with Crippen molar-refractivity contribution in [3.8, 4) is 0 Å². The molecule has 0 saturated carbocycles. The molecule has 0 aliphatic rings. The fraction of sp³-hybridized carbons (Fsp3) is 0.778. The zero-order chi connectivity index (χ0) is 18.3. The van der Waals surface area contributed by atoms with Gasteiger partial charge in [-0.05, 0) is 27.2 Å². The molecule has 0 fully saturated rings. The molecule has 0 aliphatic heterocycles. The Kier molecular flexibility index (Phi) is 9.09. The minimum Gasteiger partial charge on any atom is -0.335 e. The monoisotopic (exact) mass is 408 g/mol. The molecule has 1 atom stereocenters. The minimum atomic E-state index is -3.88. The summed E-state index contributed by atoms with van der Waals surface area (Å²) >= 11 is 3.63. The topological polar surface area (TPSA) is 151 Å². The van der Waals surface area contributed by atoms with Crippen LogP contribution in [0.1, 0.15) is 27.2 Å². The Morgan fingerprint density at radius 3 is 2.09 bits per heavy atom. The van der Waals surface area contributed by atoms with Crippen LogP contribution in [0.5, 0.6) is 0 Å². The third kappa shape index (κ3) is 9.78. The van der Waals surface area contributed by atoms with E-state index in [4.69, 9.17) is 0 Å². The molecule has 23 heavy (non-hydrogen) atoms. The Hall–Kier alpha value is -0.860. The van der Waals surface area contributed by atoms with E-state index in [1.165, 1.54) is 20.8 Å². The van der Waals surface area contributed by atoms with Gasteiger partial charge >= 0.3 is 12.1 Å². The SMILES string of the molecule is CC(CCS(=O)(=O)NC(=O)NSS)NC(=O)NS(=O)(=O)C(C)C. The second-order valence-corrected chi connectivity index (χ2v) is 9.82. The molecule has 136 valence electrons. The molecule has 0 aromatic carbocycles. The third-order valence-corrected chi connectivity index (χ3v) is 5.97. The molecule has 0 aliphatic carbocycles. The van der Waals surface area contributed by atoms with Gasteiger partial charge in [0.2, 0.25) is 20.0 Å². The molecule has 0 aromatic rings. The molecule has 14 heteroatoms. The lowest BCUT2D eigenvalue weighted by molar-refractivity contribution is 0.242. The van der Waals surface area contributed by atoms with Crippen LogP contribution in [0.3, 0.4) is 0 Å². The molecule has 4 amide bonds. The molecule has 0 bridgehead atoms. The number of carbonyl (C=O) groups is 2. The van der Waals surface area contributed by atoms with Crippen LogP contribution in [0, 0.1) is 0 Å². The maximum atomic E-state index is 11.6. The highest BCUT2D eigenvalue weighted by Crippen LogP contribution is 2.00. The standard InChI is InChI=1S/C9H20N4O6S4/c1-6(2)23(18,19)13-8(14)10-7(3)4-5-22(16,17)12-9(15)11-21-20/h6-7,20H,4-5H2,1-3H3,(H2,10,13,14)(H2,11,12,15). The van der Waals surface area contributed by atoms with Crippen LogP contribution >= 0.6 is 22.6 Å². The molecule has 0 saturated heterocycles. The van der Waals surface area contributed by atoms with E-state index in [0.717, 1.165) is 0 Å². The van der Waals surface area contributed by atoms with Gasteiger partial charge < -0.3 is 5.32 Å². The molecule has 0 rings (SSSR count). The van der Waals surface area contributed by atoms with E-state index in [-0.39, 0.29) is 6.42 Å². The quantitative estimate of drug-likeness (QED) is 0.214. The zero-order valence-electron chi connectivity index (χ0n) is 12.7. The lowest BCUT2D eigenvalue weighted by atomic mass is 10.3. The summed E-state index contributed by atoms with van der Waals surface area (Å²) in [6.07, 6.45) is -0.0220. The van der Waals surface area contributed by atoms with Crippen LogP contribution in [0.15, 0.2) is 0 Å². The molecule has 10 nitrogen and oxygen atoms in total. The summed E-state index contributed by atoms with van der Waals surface area (Å²) in [6.45, 7) is 4.32. The smallest absolute Gasteiger partial charge is 0.335 e. The summed E-state index contributed by atoms with van der Waals surface area (Å²) in [5.41, 5.74) is 0. The van der Waals surface area contributed by atoms with Crippen molar-refractivity contribution in [3.05, 3.63) is 0 Å². The Balaban J connectivity index is 4.38. The van der Waals surface area contributed by atoms with E-state index in [2.05, 4.69) is 21.7 Å². The van der Waals surface area contributed by atoms with E-state index < -0.39 is 49.2 Å². The van der Waals surface area contributed by atoms with E-state index in [1.54, 1.807) is 4.72 Å². The fourth-order valence-electron chi connectivity index (χ4n) is 1.16. The van der Waals surface area contributed by atoms with Crippen LogP contribution < -0.4 is 19.5 Å². The van der Waals surface area contributed by atoms with Gasteiger partial charge in [0.1, 0.15) is 0 Å². The van der Waals surface area contributed by atoms with Crippen LogP contribution in [0.4, 0.5) is 9.59 Å².